The number of hydrogen-bond donors (Lipinski definition) is 1. The summed E-state index contributed by atoms with van der Waals surface area (Å²) in [6.07, 6.45) is 2.13. The monoisotopic (exact) mass is 234 g/mol. The Balaban J connectivity index is 2.02. The van der Waals surface area contributed by atoms with Gasteiger partial charge in [-0.3, -0.25) is 0 Å². The zero-order chi connectivity index (χ0) is 12.3. The van der Waals surface area contributed by atoms with Crippen molar-refractivity contribution in [2.45, 2.75) is 32.3 Å². The molecule has 1 heterocycles. The maximum atomic E-state index is 6.00. The zero-order valence-corrected chi connectivity index (χ0v) is 10.8. The fraction of sp³-hybridized carbons (Fsp3) is 0.571. The second kappa shape index (κ2) is 4.96. The van der Waals surface area contributed by atoms with Gasteiger partial charge in [-0.1, -0.05) is 12.1 Å². The van der Waals surface area contributed by atoms with E-state index in [-0.39, 0.29) is 5.60 Å². The van der Waals surface area contributed by atoms with E-state index in [4.69, 9.17) is 10.5 Å². The highest BCUT2D eigenvalue weighted by Crippen LogP contribution is 2.31. The molecule has 1 fully saturated rings. The number of hydrogen-bond acceptors (Lipinski definition) is 3. The summed E-state index contributed by atoms with van der Waals surface area (Å²) in [7, 11) is 0. The fourth-order valence-corrected chi connectivity index (χ4v) is 2.49. The molecule has 3 nitrogen and oxygen atoms in total. The third kappa shape index (κ3) is 2.72. The minimum Gasteiger partial charge on any atom is -0.397 e. The van der Waals surface area contributed by atoms with Crippen molar-refractivity contribution in [2.24, 2.45) is 0 Å². The van der Waals surface area contributed by atoms with Gasteiger partial charge in [0, 0.05) is 19.7 Å². The van der Waals surface area contributed by atoms with Crippen molar-refractivity contribution in [2.75, 3.05) is 30.3 Å². The Morgan fingerprint density at radius 1 is 1.29 bits per heavy atom. The average molecular weight is 234 g/mol. The van der Waals surface area contributed by atoms with Gasteiger partial charge in [0.1, 0.15) is 0 Å². The van der Waals surface area contributed by atoms with Gasteiger partial charge >= 0.3 is 0 Å². The van der Waals surface area contributed by atoms with Gasteiger partial charge in [-0.15, -0.1) is 0 Å². The molecule has 0 bridgehead atoms. The number of nitrogen functional groups attached to an aromatic ring is 1. The first-order chi connectivity index (χ1) is 8.14. The predicted molar refractivity (Wildman–Crippen MR) is 72.3 cm³/mol. The van der Waals surface area contributed by atoms with Crippen molar-refractivity contribution in [3.8, 4) is 0 Å². The SMILES string of the molecule is CCOC1(C)CCN(c2ccccc2N)CC1. The van der Waals surface area contributed by atoms with Gasteiger partial charge in [0.2, 0.25) is 0 Å². The highest BCUT2D eigenvalue weighted by atomic mass is 16.5. The van der Waals surface area contributed by atoms with Crippen LogP contribution in [0.3, 0.4) is 0 Å². The summed E-state index contributed by atoms with van der Waals surface area (Å²) in [4.78, 5) is 2.36. The highest BCUT2D eigenvalue weighted by molar-refractivity contribution is 5.67. The maximum Gasteiger partial charge on any atom is 0.0688 e. The average Bonchev–Trinajstić information content (AvgIpc) is 2.31. The molecule has 0 spiro atoms. The minimum absolute atomic E-state index is 0.0504. The minimum atomic E-state index is 0.0504. The molecule has 0 unspecified atom stereocenters. The number of nitrogens with two attached hydrogens (primary N) is 1. The Kier molecular flexibility index (Phi) is 3.57. The van der Waals surface area contributed by atoms with E-state index in [0.29, 0.717) is 0 Å². The molecule has 1 aromatic carbocycles. The van der Waals surface area contributed by atoms with Gasteiger partial charge in [0.15, 0.2) is 0 Å². The van der Waals surface area contributed by atoms with E-state index in [1.165, 1.54) is 0 Å². The molecule has 2 N–H and O–H groups in total. The third-order valence-electron chi connectivity index (χ3n) is 3.59. The molecule has 2 rings (SSSR count). The van der Waals surface area contributed by atoms with Gasteiger partial charge in [-0.05, 0) is 38.8 Å². The Bertz CT molecular complexity index is 370. The van der Waals surface area contributed by atoms with Crippen LogP contribution >= 0.6 is 0 Å². The molecule has 0 radical (unpaired) electrons. The molecule has 3 heteroatoms. The van der Waals surface area contributed by atoms with Gasteiger partial charge < -0.3 is 15.4 Å². The topological polar surface area (TPSA) is 38.5 Å². The Morgan fingerprint density at radius 2 is 1.94 bits per heavy atom. The summed E-state index contributed by atoms with van der Waals surface area (Å²) >= 11 is 0. The number of benzene rings is 1. The Morgan fingerprint density at radius 3 is 2.53 bits per heavy atom. The van der Waals surface area contributed by atoms with E-state index in [0.717, 1.165) is 43.9 Å². The van der Waals surface area contributed by atoms with Gasteiger partial charge in [0.05, 0.1) is 17.0 Å². The van der Waals surface area contributed by atoms with Crippen molar-refractivity contribution < 1.29 is 4.74 Å². The Labute approximate surface area is 104 Å². The lowest BCUT2D eigenvalue weighted by molar-refractivity contribution is -0.0413. The number of piperidine rings is 1. The first-order valence-electron chi connectivity index (χ1n) is 6.38. The second-order valence-electron chi connectivity index (χ2n) is 4.93. The molecule has 1 aromatic rings. The van der Waals surface area contributed by atoms with E-state index < -0.39 is 0 Å². The number of para-hydroxylation sites is 2. The van der Waals surface area contributed by atoms with Crippen LogP contribution in [0.15, 0.2) is 24.3 Å². The summed E-state index contributed by atoms with van der Waals surface area (Å²) in [6.45, 7) is 7.11. The van der Waals surface area contributed by atoms with E-state index in [1.54, 1.807) is 0 Å². The lowest BCUT2D eigenvalue weighted by Crippen LogP contribution is -2.44. The first-order valence-corrected chi connectivity index (χ1v) is 6.38. The number of ether oxygens (including phenoxy) is 1. The third-order valence-corrected chi connectivity index (χ3v) is 3.59. The van der Waals surface area contributed by atoms with Crippen LogP contribution in [0, 0.1) is 0 Å². The van der Waals surface area contributed by atoms with E-state index >= 15 is 0 Å². The van der Waals surface area contributed by atoms with Crippen molar-refractivity contribution in [1.82, 2.24) is 0 Å². The predicted octanol–water partition coefficient (Wildman–Crippen LogP) is 2.66. The maximum absolute atomic E-state index is 6.00. The van der Waals surface area contributed by atoms with Crippen LogP contribution in [0.5, 0.6) is 0 Å². The van der Waals surface area contributed by atoms with Gasteiger partial charge in [-0.25, -0.2) is 0 Å². The summed E-state index contributed by atoms with van der Waals surface area (Å²) in [5.41, 5.74) is 8.08. The van der Waals surface area contributed by atoms with Crippen LogP contribution in [-0.4, -0.2) is 25.3 Å². The van der Waals surface area contributed by atoms with Crippen LogP contribution in [0.2, 0.25) is 0 Å². The summed E-state index contributed by atoms with van der Waals surface area (Å²) in [6, 6.07) is 8.08. The largest absolute Gasteiger partial charge is 0.397 e. The van der Waals surface area contributed by atoms with Crippen LogP contribution in [0.25, 0.3) is 0 Å². The van der Waals surface area contributed by atoms with Gasteiger partial charge in [0.25, 0.3) is 0 Å². The second-order valence-corrected chi connectivity index (χ2v) is 4.93. The lowest BCUT2D eigenvalue weighted by Gasteiger charge is -2.40. The molecule has 0 saturated carbocycles. The van der Waals surface area contributed by atoms with Crippen LogP contribution in [0.1, 0.15) is 26.7 Å². The van der Waals surface area contributed by atoms with Crippen molar-refractivity contribution >= 4 is 11.4 Å². The highest BCUT2D eigenvalue weighted by Gasteiger charge is 2.30. The standard InChI is InChI=1S/C14H22N2O/c1-3-17-14(2)8-10-16(11-9-14)13-7-5-4-6-12(13)15/h4-7H,3,8-11,15H2,1-2H3. The van der Waals surface area contributed by atoms with Crippen molar-refractivity contribution in [3.63, 3.8) is 0 Å². The van der Waals surface area contributed by atoms with Crippen molar-refractivity contribution in [1.29, 1.82) is 0 Å². The molecular weight excluding hydrogens is 212 g/mol. The molecule has 1 aliphatic heterocycles. The number of anilines is 2. The smallest absolute Gasteiger partial charge is 0.0688 e. The molecule has 0 amide bonds. The van der Waals surface area contributed by atoms with Crippen LogP contribution < -0.4 is 10.6 Å². The summed E-state index contributed by atoms with van der Waals surface area (Å²) < 4.78 is 5.83. The summed E-state index contributed by atoms with van der Waals surface area (Å²) in [5.74, 6) is 0. The lowest BCUT2D eigenvalue weighted by atomic mass is 9.93. The van der Waals surface area contributed by atoms with Crippen molar-refractivity contribution in [3.05, 3.63) is 24.3 Å². The molecule has 0 atom stereocenters. The first kappa shape index (κ1) is 12.2. The van der Waals surface area contributed by atoms with E-state index in [1.807, 2.05) is 18.2 Å². The van der Waals surface area contributed by atoms with Crippen LogP contribution in [0.4, 0.5) is 11.4 Å². The number of nitrogens with zero attached hydrogens (tertiary/aromatic N) is 1. The number of rotatable bonds is 3. The molecule has 0 aromatic heterocycles. The molecule has 1 aliphatic rings. The van der Waals surface area contributed by atoms with E-state index in [2.05, 4.69) is 24.8 Å². The normalized spacial score (nSPS) is 19.3. The molecular formula is C14H22N2O. The Hall–Kier alpha value is -1.22. The molecule has 17 heavy (non-hydrogen) atoms. The fourth-order valence-electron chi connectivity index (χ4n) is 2.49. The molecule has 94 valence electrons. The van der Waals surface area contributed by atoms with Crippen LogP contribution in [-0.2, 0) is 4.74 Å². The molecule has 0 aliphatic carbocycles. The quantitative estimate of drug-likeness (QED) is 0.817. The molecule has 1 saturated heterocycles. The summed E-state index contributed by atoms with van der Waals surface area (Å²) in [5, 5.41) is 0. The van der Waals surface area contributed by atoms with E-state index in [9.17, 15) is 0 Å². The van der Waals surface area contributed by atoms with Gasteiger partial charge in [-0.2, -0.15) is 0 Å². The zero-order valence-electron chi connectivity index (χ0n) is 10.8.